The van der Waals surface area contributed by atoms with Crippen LogP contribution in [0.4, 0.5) is 5.69 Å². The van der Waals surface area contributed by atoms with Gasteiger partial charge in [0.1, 0.15) is 11.6 Å². The Hall–Kier alpha value is -3.26. The van der Waals surface area contributed by atoms with Crippen LogP contribution in [-0.2, 0) is 17.9 Å². The maximum absolute atomic E-state index is 13.6. The lowest BCUT2D eigenvalue weighted by atomic mass is 9.96. The number of carbonyl (C=O) groups is 1. The van der Waals surface area contributed by atoms with Crippen LogP contribution in [0.1, 0.15) is 24.2 Å². The molecule has 1 amide bonds. The van der Waals surface area contributed by atoms with Crippen LogP contribution in [-0.4, -0.2) is 71.6 Å². The highest BCUT2D eigenvalue weighted by Gasteiger charge is 2.32. The van der Waals surface area contributed by atoms with Crippen LogP contribution in [0.5, 0.6) is 5.75 Å². The zero-order valence-corrected chi connectivity index (χ0v) is 24.8. The molecule has 2 aliphatic heterocycles. The fourth-order valence-corrected chi connectivity index (χ4v) is 6.63. The van der Waals surface area contributed by atoms with Crippen molar-refractivity contribution in [2.45, 2.75) is 25.9 Å². The summed E-state index contributed by atoms with van der Waals surface area (Å²) < 4.78 is 7.65. The number of hydrogen-bond acceptors (Lipinski definition) is 5. The van der Waals surface area contributed by atoms with Gasteiger partial charge in [0.15, 0.2) is 0 Å². The van der Waals surface area contributed by atoms with E-state index in [9.17, 15) is 4.79 Å². The van der Waals surface area contributed by atoms with Crippen LogP contribution in [0, 0.1) is 5.92 Å². The molecule has 2 aliphatic rings. The van der Waals surface area contributed by atoms with E-state index in [-0.39, 0.29) is 11.8 Å². The lowest BCUT2D eigenvalue weighted by molar-refractivity contribution is -0.137. The standard InChI is InChI=1S/C32H35Cl2N5O2/c1-41-26-11-8-23(9-12-26)20-39-30-7-3-2-6-28(30)35-31(39)22-36-14-4-5-24(21-36)32(40)38-17-15-37(16-18-38)29-13-10-25(33)19-27(29)34/h2-3,6-13,19,24H,4-5,14-18,20-22H2,1H3/t24-/m1/s1. The summed E-state index contributed by atoms with van der Waals surface area (Å²) in [5, 5.41) is 1.28. The summed E-state index contributed by atoms with van der Waals surface area (Å²) in [4.78, 5) is 25.3. The van der Waals surface area contributed by atoms with E-state index in [4.69, 9.17) is 32.9 Å². The van der Waals surface area contributed by atoms with Gasteiger partial charge in [0.05, 0.1) is 41.3 Å². The minimum Gasteiger partial charge on any atom is -0.497 e. The molecule has 0 aliphatic carbocycles. The fraction of sp³-hybridized carbons (Fsp3) is 0.375. The largest absolute Gasteiger partial charge is 0.497 e. The van der Waals surface area contributed by atoms with Crippen LogP contribution >= 0.6 is 23.2 Å². The molecule has 0 saturated carbocycles. The van der Waals surface area contributed by atoms with Crippen LogP contribution in [0.15, 0.2) is 66.7 Å². The second kappa shape index (κ2) is 12.3. The van der Waals surface area contributed by atoms with E-state index in [1.54, 1.807) is 13.2 Å². The number of methoxy groups -OCH3 is 1. The maximum Gasteiger partial charge on any atom is 0.227 e. The molecule has 3 heterocycles. The Balaban J connectivity index is 1.12. The smallest absolute Gasteiger partial charge is 0.227 e. The number of ether oxygens (including phenoxy) is 1. The quantitative estimate of drug-likeness (QED) is 0.265. The van der Waals surface area contributed by atoms with Gasteiger partial charge in [-0.2, -0.15) is 0 Å². The molecule has 4 aromatic rings. The molecule has 0 unspecified atom stereocenters. The molecule has 1 aromatic heterocycles. The minimum atomic E-state index is 0.00818. The van der Waals surface area contributed by atoms with E-state index in [0.29, 0.717) is 23.1 Å². The molecule has 2 saturated heterocycles. The number of fused-ring (bicyclic) bond motifs is 1. The number of hydrogen-bond donors (Lipinski definition) is 0. The maximum atomic E-state index is 13.6. The summed E-state index contributed by atoms with van der Waals surface area (Å²) in [6.45, 7) is 6.11. The van der Waals surface area contributed by atoms with Gasteiger partial charge in [0.2, 0.25) is 5.91 Å². The Bertz CT molecular complexity index is 1510. The van der Waals surface area contributed by atoms with Gasteiger partial charge in [-0.25, -0.2) is 4.98 Å². The number of anilines is 1. The normalized spacial score (nSPS) is 18.2. The van der Waals surface area contributed by atoms with Crippen molar-refractivity contribution in [3.05, 3.63) is 88.2 Å². The molecule has 0 bridgehead atoms. The molecule has 41 heavy (non-hydrogen) atoms. The van der Waals surface area contributed by atoms with Gasteiger partial charge < -0.3 is 19.1 Å². The summed E-state index contributed by atoms with van der Waals surface area (Å²) in [7, 11) is 1.68. The van der Waals surface area contributed by atoms with Crippen molar-refractivity contribution in [2.75, 3.05) is 51.3 Å². The lowest BCUT2D eigenvalue weighted by Crippen LogP contribution is -2.52. The van der Waals surface area contributed by atoms with Crippen LogP contribution < -0.4 is 9.64 Å². The number of para-hydroxylation sites is 2. The molecule has 0 spiro atoms. The first-order valence-electron chi connectivity index (χ1n) is 14.3. The zero-order valence-electron chi connectivity index (χ0n) is 23.3. The number of piperidine rings is 1. The third-order valence-electron chi connectivity index (χ3n) is 8.29. The summed E-state index contributed by atoms with van der Waals surface area (Å²) in [6.07, 6.45) is 1.94. The van der Waals surface area contributed by atoms with Crippen molar-refractivity contribution < 1.29 is 9.53 Å². The van der Waals surface area contributed by atoms with Crippen molar-refractivity contribution in [3.8, 4) is 5.75 Å². The number of benzene rings is 3. The third kappa shape index (κ3) is 6.17. The second-order valence-corrected chi connectivity index (χ2v) is 11.8. The molecular formula is C32H35Cl2N5O2. The van der Waals surface area contributed by atoms with Gasteiger partial charge in [0, 0.05) is 44.3 Å². The van der Waals surface area contributed by atoms with Gasteiger partial charge in [0.25, 0.3) is 0 Å². The number of likely N-dealkylation sites (tertiary alicyclic amines) is 1. The molecule has 7 nitrogen and oxygen atoms in total. The molecule has 3 aromatic carbocycles. The number of nitrogens with zero attached hydrogens (tertiary/aromatic N) is 5. The number of rotatable bonds is 7. The zero-order chi connectivity index (χ0) is 28.3. The highest BCUT2D eigenvalue weighted by molar-refractivity contribution is 6.36. The molecule has 214 valence electrons. The lowest BCUT2D eigenvalue weighted by Gasteiger charge is -2.40. The average Bonchev–Trinajstić information content (AvgIpc) is 3.34. The number of aromatic nitrogens is 2. The number of piperazine rings is 1. The van der Waals surface area contributed by atoms with Crippen LogP contribution in [0.2, 0.25) is 10.0 Å². The summed E-state index contributed by atoms with van der Waals surface area (Å²) >= 11 is 12.5. The predicted molar refractivity (Wildman–Crippen MR) is 165 cm³/mol. The number of amides is 1. The van der Waals surface area contributed by atoms with Crippen LogP contribution in [0.3, 0.4) is 0 Å². The Morgan fingerprint density at radius 3 is 2.49 bits per heavy atom. The Morgan fingerprint density at radius 1 is 0.951 bits per heavy atom. The Labute approximate surface area is 251 Å². The van der Waals surface area contributed by atoms with Gasteiger partial charge in [-0.3, -0.25) is 9.69 Å². The van der Waals surface area contributed by atoms with E-state index in [1.807, 2.05) is 35.2 Å². The van der Waals surface area contributed by atoms with E-state index in [2.05, 4.69) is 44.7 Å². The predicted octanol–water partition coefficient (Wildman–Crippen LogP) is 5.96. The minimum absolute atomic E-state index is 0.00818. The number of carbonyl (C=O) groups excluding carboxylic acids is 1. The van der Waals surface area contributed by atoms with Crippen molar-refractivity contribution in [3.63, 3.8) is 0 Å². The summed E-state index contributed by atoms with van der Waals surface area (Å²) in [5.74, 6) is 2.16. The monoisotopic (exact) mass is 591 g/mol. The Kier molecular flexibility index (Phi) is 8.37. The third-order valence-corrected chi connectivity index (χ3v) is 8.83. The molecule has 2 fully saturated rings. The fourth-order valence-electron chi connectivity index (χ4n) is 6.10. The topological polar surface area (TPSA) is 53.8 Å². The molecule has 1 atom stereocenters. The molecule has 6 rings (SSSR count). The summed E-state index contributed by atoms with van der Waals surface area (Å²) in [5.41, 5.74) is 4.30. The molecule has 0 N–H and O–H groups in total. The molecular weight excluding hydrogens is 557 g/mol. The highest BCUT2D eigenvalue weighted by atomic mass is 35.5. The van der Waals surface area contributed by atoms with Crippen molar-refractivity contribution in [2.24, 2.45) is 5.92 Å². The van der Waals surface area contributed by atoms with E-state index < -0.39 is 0 Å². The van der Waals surface area contributed by atoms with Gasteiger partial charge in [-0.05, 0) is 67.4 Å². The van der Waals surface area contributed by atoms with Gasteiger partial charge in [-0.1, -0.05) is 47.5 Å². The first-order valence-corrected chi connectivity index (χ1v) is 15.0. The van der Waals surface area contributed by atoms with E-state index in [0.717, 1.165) is 80.4 Å². The highest BCUT2D eigenvalue weighted by Crippen LogP contribution is 2.30. The van der Waals surface area contributed by atoms with Crippen molar-refractivity contribution in [1.29, 1.82) is 0 Å². The second-order valence-electron chi connectivity index (χ2n) is 10.9. The van der Waals surface area contributed by atoms with Crippen molar-refractivity contribution in [1.82, 2.24) is 19.4 Å². The van der Waals surface area contributed by atoms with Crippen molar-refractivity contribution >= 4 is 45.8 Å². The van der Waals surface area contributed by atoms with E-state index >= 15 is 0 Å². The molecule has 0 radical (unpaired) electrons. The van der Waals surface area contributed by atoms with Gasteiger partial charge >= 0.3 is 0 Å². The van der Waals surface area contributed by atoms with Gasteiger partial charge in [-0.15, -0.1) is 0 Å². The first-order chi connectivity index (χ1) is 20.0. The average molecular weight is 593 g/mol. The molecule has 9 heteroatoms. The SMILES string of the molecule is COc1ccc(Cn2c(CN3CCC[C@@H](C(=O)N4CCN(c5ccc(Cl)cc5Cl)CC4)C3)nc3ccccc32)cc1. The Morgan fingerprint density at radius 2 is 1.73 bits per heavy atom. The van der Waals surface area contributed by atoms with E-state index in [1.165, 1.54) is 5.56 Å². The summed E-state index contributed by atoms with van der Waals surface area (Å²) in [6, 6.07) is 22.1. The number of imidazole rings is 1. The first kappa shape index (κ1) is 27.9. The van der Waals surface area contributed by atoms with Crippen LogP contribution in [0.25, 0.3) is 11.0 Å². The number of halogens is 2.